The summed E-state index contributed by atoms with van der Waals surface area (Å²) in [6.45, 7) is 3.37. The van der Waals surface area contributed by atoms with Gasteiger partial charge in [0.15, 0.2) is 0 Å². The van der Waals surface area contributed by atoms with Gasteiger partial charge in [0.2, 0.25) is 0 Å². The van der Waals surface area contributed by atoms with Crippen molar-refractivity contribution in [2.24, 2.45) is 0 Å². The van der Waals surface area contributed by atoms with Crippen molar-refractivity contribution in [3.05, 3.63) is 72.6 Å². The Kier molecular flexibility index (Phi) is 6.14. The second kappa shape index (κ2) is 8.94. The van der Waals surface area contributed by atoms with Crippen LogP contribution in [-0.2, 0) is 11.3 Å². The van der Waals surface area contributed by atoms with Gasteiger partial charge in [-0.25, -0.2) is 9.69 Å². The fourth-order valence-corrected chi connectivity index (χ4v) is 3.89. The molecule has 0 unspecified atom stereocenters. The first-order valence-corrected chi connectivity index (χ1v) is 10.6. The Labute approximate surface area is 199 Å². The maximum atomic E-state index is 13.4. The molecule has 35 heavy (non-hydrogen) atoms. The predicted molar refractivity (Wildman–Crippen MR) is 122 cm³/mol. The summed E-state index contributed by atoms with van der Waals surface area (Å²) in [5.74, 6) is -0.243. The summed E-state index contributed by atoms with van der Waals surface area (Å²) in [5, 5.41) is 0. The third-order valence-electron chi connectivity index (χ3n) is 5.79. The minimum absolute atomic E-state index is 0.118. The molecule has 1 aliphatic heterocycles. The summed E-state index contributed by atoms with van der Waals surface area (Å²) in [7, 11) is 1.57. The lowest BCUT2D eigenvalue weighted by atomic mass is 9.99. The van der Waals surface area contributed by atoms with Gasteiger partial charge in [-0.1, -0.05) is 12.1 Å². The van der Waals surface area contributed by atoms with E-state index in [1.165, 1.54) is 17.0 Å². The van der Waals surface area contributed by atoms with Gasteiger partial charge in [0, 0.05) is 24.5 Å². The SMILES string of the molecule is COc1ccc(-c2cnccc2CN2C(=O)N(c3ccc(OC(F)(F)F)cc3)C(=O)C2(C)C)cc1. The average molecular weight is 485 g/mol. The second-order valence-electron chi connectivity index (χ2n) is 8.37. The highest BCUT2D eigenvalue weighted by Gasteiger charge is 2.51. The number of carbonyl (C=O) groups excluding carboxylic acids is 2. The number of methoxy groups -OCH3 is 1. The number of hydrogen-bond acceptors (Lipinski definition) is 5. The van der Waals surface area contributed by atoms with Gasteiger partial charge in [-0.2, -0.15) is 0 Å². The van der Waals surface area contributed by atoms with Crippen molar-refractivity contribution in [3.63, 3.8) is 0 Å². The van der Waals surface area contributed by atoms with E-state index in [0.717, 1.165) is 33.7 Å². The number of pyridine rings is 1. The molecular formula is C25H22F3N3O4. The highest BCUT2D eigenvalue weighted by molar-refractivity contribution is 6.23. The van der Waals surface area contributed by atoms with Gasteiger partial charge in [-0.3, -0.25) is 9.78 Å². The van der Waals surface area contributed by atoms with Crippen LogP contribution in [0.15, 0.2) is 67.0 Å². The Morgan fingerprint density at radius 2 is 1.57 bits per heavy atom. The number of urea groups is 1. The van der Waals surface area contributed by atoms with Crippen LogP contribution in [0.25, 0.3) is 11.1 Å². The van der Waals surface area contributed by atoms with Crippen LogP contribution in [0.1, 0.15) is 19.4 Å². The molecule has 3 aromatic rings. The number of benzene rings is 2. The van der Waals surface area contributed by atoms with E-state index >= 15 is 0 Å². The Hall–Kier alpha value is -4.08. The zero-order valence-electron chi connectivity index (χ0n) is 19.2. The quantitative estimate of drug-likeness (QED) is 0.437. The van der Waals surface area contributed by atoms with Crippen molar-refractivity contribution in [2.45, 2.75) is 32.3 Å². The van der Waals surface area contributed by atoms with E-state index in [1.54, 1.807) is 39.4 Å². The van der Waals surface area contributed by atoms with Crippen molar-refractivity contribution in [1.29, 1.82) is 0 Å². The number of carbonyl (C=O) groups is 2. The lowest BCUT2D eigenvalue weighted by Gasteiger charge is -2.28. The summed E-state index contributed by atoms with van der Waals surface area (Å²) in [6.07, 6.45) is -1.55. The first-order chi connectivity index (χ1) is 16.5. The lowest BCUT2D eigenvalue weighted by Crippen LogP contribution is -2.43. The zero-order chi connectivity index (χ0) is 25.4. The average Bonchev–Trinajstić information content (AvgIpc) is 2.98. The number of hydrogen-bond donors (Lipinski definition) is 0. The Morgan fingerprint density at radius 1 is 0.943 bits per heavy atom. The third kappa shape index (κ3) is 4.77. The minimum atomic E-state index is -4.84. The Bertz CT molecular complexity index is 1240. The summed E-state index contributed by atoms with van der Waals surface area (Å²) >= 11 is 0. The van der Waals surface area contributed by atoms with Crippen molar-refractivity contribution < 1.29 is 32.2 Å². The van der Waals surface area contributed by atoms with Crippen LogP contribution in [0.5, 0.6) is 11.5 Å². The van der Waals surface area contributed by atoms with Crippen molar-refractivity contribution in [2.75, 3.05) is 12.0 Å². The molecule has 1 aliphatic rings. The number of halogens is 3. The zero-order valence-corrected chi connectivity index (χ0v) is 19.2. The number of imide groups is 1. The van der Waals surface area contributed by atoms with E-state index < -0.39 is 29.6 Å². The fraction of sp³-hybridized carbons (Fsp3) is 0.240. The molecule has 3 amide bonds. The first-order valence-electron chi connectivity index (χ1n) is 10.6. The number of amides is 3. The molecular weight excluding hydrogens is 463 g/mol. The van der Waals surface area contributed by atoms with Gasteiger partial charge < -0.3 is 14.4 Å². The topological polar surface area (TPSA) is 72.0 Å². The standard InChI is InChI=1S/C25H22F3N3O4/c1-24(2)22(32)31(18-6-10-20(11-7-18)35-25(26,27)28)23(33)30(24)15-17-12-13-29-14-21(17)16-4-8-19(34-3)9-5-16/h4-14H,15H2,1-3H3. The Morgan fingerprint density at radius 3 is 2.17 bits per heavy atom. The molecule has 182 valence electrons. The molecule has 10 heteroatoms. The summed E-state index contributed by atoms with van der Waals surface area (Å²) in [6, 6.07) is 13.2. The van der Waals surface area contributed by atoms with E-state index in [-0.39, 0.29) is 12.2 Å². The molecule has 0 saturated carbocycles. The van der Waals surface area contributed by atoms with Crippen LogP contribution in [0.3, 0.4) is 0 Å². The molecule has 7 nitrogen and oxygen atoms in total. The molecule has 0 spiro atoms. The molecule has 4 rings (SSSR count). The van der Waals surface area contributed by atoms with Crippen LogP contribution < -0.4 is 14.4 Å². The number of rotatable bonds is 6. The fourth-order valence-electron chi connectivity index (χ4n) is 3.89. The van der Waals surface area contributed by atoms with Gasteiger partial charge in [0.25, 0.3) is 5.91 Å². The molecule has 0 atom stereocenters. The molecule has 0 bridgehead atoms. The smallest absolute Gasteiger partial charge is 0.497 e. The van der Waals surface area contributed by atoms with E-state index in [9.17, 15) is 22.8 Å². The van der Waals surface area contributed by atoms with Crippen LogP contribution in [0, 0.1) is 0 Å². The van der Waals surface area contributed by atoms with Crippen LogP contribution >= 0.6 is 0 Å². The molecule has 0 N–H and O–H groups in total. The van der Waals surface area contributed by atoms with E-state index in [1.807, 2.05) is 24.3 Å². The normalized spacial score (nSPS) is 15.5. The molecule has 1 saturated heterocycles. The van der Waals surface area contributed by atoms with Gasteiger partial charge in [0.1, 0.15) is 17.0 Å². The largest absolute Gasteiger partial charge is 0.573 e. The lowest BCUT2D eigenvalue weighted by molar-refractivity contribution is -0.274. The van der Waals surface area contributed by atoms with Crippen LogP contribution in [0.2, 0.25) is 0 Å². The number of aromatic nitrogens is 1. The number of ether oxygens (including phenoxy) is 2. The van der Waals surface area contributed by atoms with Crippen molar-refractivity contribution in [1.82, 2.24) is 9.88 Å². The van der Waals surface area contributed by atoms with Gasteiger partial charge in [-0.15, -0.1) is 13.2 Å². The third-order valence-corrected chi connectivity index (χ3v) is 5.79. The molecule has 0 radical (unpaired) electrons. The molecule has 2 aromatic carbocycles. The van der Waals surface area contributed by atoms with Crippen molar-refractivity contribution >= 4 is 17.6 Å². The van der Waals surface area contributed by atoms with Crippen LogP contribution in [0.4, 0.5) is 23.7 Å². The maximum Gasteiger partial charge on any atom is 0.573 e. The molecule has 1 aromatic heterocycles. The van der Waals surface area contributed by atoms with Crippen LogP contribution in [-0.4, -0.2) is 40.8 Å². The molecule has 0 aliphatic carbocycles. The highest BCUT2D eigenvalue weighted by Crippen LogP contribution is 2.36. The first kappa shape index (κ1) is 24.1. The summed E-state index contributed by atoms with van der Waals surface area (Å²) < 4.78 is 46.5. The van der Waals surface area contributed by atoms with E-state index in [0.29, 0.717) is 5.75 Å². The van der Waals surface area contributed by atoms with Gasteiger partial charge in [-0.05, 0) is 67.4 Å². The Balaban J connectivity index is 1.62. The number of anilines is 1. The maximum absolute atomic E-state index is 13.4. The van der Waals surface area contributed by atoms with E-state index in [4.69, 9.17) is 4.74 Å². The monoisotopic (exact) mass is 485 g/mol. The highest BCUT2D eigenvalue weighted by atomic mass is 19.4. The minimum Gasteiger partial charge on any atom is -0.497 e. The number of alkyl halides is 3. The van der Waals surface area contributed by atoms with Gasteiger partial charge >= 0.3 is 12.4 Å². The predicted octanol–water partition coefficient (Wildman–Crippen LogP) is 5.40. The second-order valence-corrected chi connectivity index (χ2v) is 8.37. The number of nitrogens with zero attached hydrogens (tertiary/aromatic N) is 3. The molecule has 1 fully saturated rings. The summed E-state index contributed by atoms with van der Waals surface area (Å²) in [4.78, 5) is 33.2. The van der Waals surface area contributed by atoms with Gasteiger partial charge in [0.05, 0.1) is 12.8 Å². The molecule has 2 heterocycles. The van der Waals surface area contributed by atoms with E-state index in [2.05, 4.69) is 9.72 Å². The van der Waals surface area contributed by atoms with Crippen molar-refractivity contribution in [3.8, 4) is 22.6 Å². The summed E-state index contributed by atoms with van der Waals surface area (Å²) in [5.41, 5.74) is 1.38.